The molecule has 1 heterocycles. The Morgan fingerprint density at radius 1 is 1.39 bits per heavy atom. The van der Waals surface area contributed by atoms with Crippen molar-refractivity contribution in [1.29, 1.82) is 0 Å². The molecular formula is C14H21NO2S. The van der Waals surface area contributed by atoms with E-state index < -0.39 is 0 Å². The Labute approximate surface area is 113 Å². The summed E-state index contributed by atoms with van der Waals surface area (Å²) in [6.07, 6.45) is 2.48. The van der Waals surface area contributed by atoms with Crippen molar-refractivity contribution in [2.24, 2.45) is 0 Å². The summed E-state index contributed by atoms with van der Waals surface area (Å²) >= 11 is 1.96. The van der Waals surface area contributed by atoms with Gasteiger partial charge < -0.3 is 14.8 Å². The van der Waals surface area contributed by atoms with E-state index in [9.17, 15) is 0 Å². The maximum atomic E-state index is 6.00. The number of thioether (sulfide) groups is 1. The zero-order chi connectivity index (χ0) is 12.8. The fraction of sp³-hybridized carbons (Fsp3) is 0.571. The molecule has 0 aromatic heterocycles. The van der Waals surface area contributed by atoms with Crippen LogP contribution in [-0.4, -0.2) is 38.3 Å². The molecule has 2 rings (SSSR count). The molecule has 0 spiro atoms. The van der Waals surface area contributed by atoms with Gasteiger partial charge in [0.05, 0.1) is 7.11 Å². The number of nitrogens with one attached hydrogen (secondary N) is 1. The Morgan fingerprint density at radius 2 is 2.28 bits per heavy atom. The maximum absolute atomic E-state index is 6.00. The van der Waals surface area contributed by atoms with Crippen LogP contribution in [0.15, 0.2) is 18.2 Å². The van der Waals surface area contributed by atoms with Crippen LogP contribution in [0.3, 0.4) is 0 Å². The van der Waals surface area contributed by atoms with Crippen LogP contribution in [0.5, 0.6) is 11.5 Å². The number of benzene rings is 1. The third-order valence-corrected chi connectivity index (χ3v) is 4.21. The summed E-state index contributed by atoms with van der Waals surface area (Å²) < 4.78 is 11.4. The molecule has 18 heavy (non-hydrogen) atoms. The first-order valence-electron chi connectivity index (χ1n) is 6.39. The average molecular weight is 267 g/mol. The Balaban J connectivity index is 2.04. The van der Waals surface area contributed by atoms with Gasteiger partial charge in [0, 0.05) is 5.75 Å². The molecule has 1 saturated heterocycles. The van der Waals surface area contributed by atoms with Crippen LogP contribution in [0.1, 0.15) is 12.0 Å². The minimum Gasteiger partial charge on any atom is -0.493 e. The molecule has 4 heteroatoms. The molecule has 1 aliphatic rings. The number of rotatable bonds is 6. The number of ether oxygens (including phenoxy) is 2. The van der Waals surface area contributed by atoms with Crippen LogP contribution in [-0.2, 0) is 6.42 Å². The van der Waals surface area contributed by atoms with Crippen molar-refractivity contribution < 1.29 is 9.47 Å². The summed E-state index contributed by atoms with van der Waals surface area (Å²) in [5.41, 5.74) is 1.27. The first-order valence-corrected chi connectivity index (χ1v) is 7.55. The van der Waals surface area contributed by atoms with Crippen molar-refractivity contribution >= 4 is 11.8 Å². The van der Waals surface area contributed by atoms with Gasteiger partial charge >= 0.3 is 0 Å². The van der Waals surface area contributed by atoms with Crippen LogP contribution in [0.25, 0.3) is 0 Å². The number of methoxy groups -OCH3 is 1. The lowest BCUT2D eigenvalue weighted by atomic mass is 10.1. The van der Waals surface area contributed by atoms with Crippen molar-refractivity contribution in [3.05, 3.63) is 23.8 Å². The highest BCUT2D eigenvalue weighted by molar-refractivity contribution is 7.99. The first kappa shape index (κ1) is 13.6. The van der Waals surface area contributed by atoms with Crippen LogP contribution < -0.4 is 14.8 Å². The molecule has 0 amide bonds. The van der Waals surface area contributed by atoms with Gasteiger partial charge in [0.1, 0.15) is 6.10 Å². The first-order chi connectivity index (χ1) is 8.83. The van der Waals surface area contributed by atoms with Crippen molar-refractivity contribution in [1.82, 2.24) is 5.32 Å². The Bertz CT molecular complexity index is 378. The lowest BCUT2D eigenvalue weighted by Gasteiger charge is -2.16. The molecule has 1 atom stereocenters. The zero-order valence-electron chi connectivity index (χ0n) is 11.1. The Morgan fingerprint density at radius 3 is 2.94 bits per heavy atom. The van der Waals surface area contributed by atoms with Crippen LogP contribution >= 0.6 is 11.8 Å². The summed E-state index contributed by atoms with van der Waals surface area (Å²) in [5, 5.41) is 3.15. The van der Waals surface area contributed by atoms with Crippen LogP contribution in [0, 0.1) is 0 Å². The van der Waals surface area contributed by atoms with Crippen molar-refractivity contribution in [2.45, 2.75) is 18.9 Å². The lowest BCUT2D eigenvalue weighted by molar-refractivity contribution is 0.218. The summed E-state index contributed by atoms with van der Waals surface area (Å²) in [7, 11) is 3.67. The molecule has 3 nitrogen and oxygen atoms in total. The van der Waals surface area contributed by atoms with E-state index in [0.29, 0.717) is 6.10 Å². The lowest BCUT2D eigenvalue weighted by Crippen LogP contribution is -2.15. The fourth-order valence-corrected chi connectivity index (χ4v) is 3.11. The van der Waals surface area contributed by atoms with Gasteiger partial charge in [-0.25, -0.2) is 0 Å². The third kappa shape index (κ3) is 3.56. The van der Waals surface area contributed by atoms with E-state index in [1.54, 1.807) is 7.11 Å². The molecule has 0 saturated carbocycles. The van der Waals surface area contributed by atoms with Gasteiger partial charge in [-0.05, 0) is 49.9 Å². The normalized spacial score (nSPS) is 18.9. The highest BCUT2D eigenvalue weighted by Crippen LogP contribution is 2.31. The molecule has 1 fully saturated rings. The van der Waals surface area contributed by atoms with Gasteiger partial charge in [0.15, 0.2) is 11.5 Å². The van der Waals surface area contributed by atoms with E-state index >= 15 is 0 Å². The standard InChI is InChI=1S/C14H21NO2S/c1-15-7-5-11-3-4-13(14(9-11)16-2)17-12-6-8-18-10-12/h3-4,9,12,15H,5-8,10H2,1-2H3. The van der Waals surface area contributed by atoms with Crippen molar-refractivity contribution in [3.63, 3.8) is 0 Å². The molecular weight excluding hydrogens is 246 g/mol. The van der Waals surface area contributed by atoms with Crippen LogP contribution in [0.2, 0.25) is 0 Å². The smallest absolute Gasteiger partial charge is 0.161 e. The Hall–Kier alpha value is -0.870. The molecule has 1 N–H and O–H groups in total. The van der Waals surface area contributed by atoms with Crippen LogP contribution in [0.4, 0.5) is 0 Å². The minimum atomic E-state index is 0.340. The molecule has 1 aromatic carbocycles. The second-order valence-corrected chi connectivity index (χ2v) is 5.59. The van der Waals surface area contributed by atoms with Gasteiger partial charge in [-0.2, -0.15) is 11.8 Å². The monoisotopic (exact) mass is 267 g/mol. The zero-order valence-corrected chi connectivity index (χ0v) is 11.9. The van der Waals surface area contributed by atoms with Gasteiger partial charge in [0.25, 0.3) is 0 Å². The maximum Gasteiger partial charge on any atom is 0.161 e. The number of hydrogen-bond donors (Lipinski definition) is 1. The molecule has 1 unspecified atom stereocenters. The number of hydrogen-bond acceptors (Lipinski definition) is 4. The van der Waals surface area contributed by atoms with E-state index in [2.05, 4.69) is 17.4 Å². The summed E-state index contributed by atoms with van der Waals surface area (Å²) in [6.45, 7) is 0.975. The van der Waals surface area contributed by atoms with Gasteiger partial charge in [-0.15, -0.1) is 0 Å². The molecule has 0 aliphatic carbocycles. The molecule has 1 aliphatic heterocycles. The largest absolute Gasteiger partial charge is 0.493 e. The van der Waals surface area contributed by atoms with E-state index in [4.69, 9.17) is 9.47 Å². The van der Waals surface area contributed by atoms with E-state index in [0.717, 1.165) is 36.6 Å². The fourth-order valence-electron chi connectivity index (χ4n) is 2.02. The summed E-state index contributed by atoms with van der Waals surface area (Å²) in [4.78, 5) is 0. The topological polar surface area (TPSA) is 30.5 Å². The van der Waals surface area contributed by atoms with Gasteiger partial charge in [-0.1, -0.05) is 6.07 Å². The quantitative estimate of drug-likeness (QED) is 0.857. The minimum absolute atomic E-state index is 0.340. The van der Waals surface area contributed by atoms with Crippen molar-refractivity contribution in [2.75, 3.05) is 32.2 Å². The molecule has 1 aromatic rings. The highest BCUT2D eigenvalue weighted by atomic mass is 32.2. The summed E-state index contributed by atoms with van der Waals surface area (Å²) in [5.74, 6) is 4.01. The van der Waals surface area contributed by atoms with Crippen molar-refractivity contribution in [3.8, 4) is 11.5 Å². The van der Waals surface area contributed by atoms with E-state index in [1.807, 2.05) is 24.9 Å². The molecule has 0 radical (unpaired) electrons. The van der Waals surface area contributed by atoms with E-state index in [1.165, 1.54) is 11.3 Å². The molecule has 0 bridgehead atoms. The van der Waals surface area contributed by atoms with Gasteiger partial charge in [-0.3, -0.25) is 0 Å². The second-order valence-electron chi connectivity index (χ2n) is 4.44. The number of likely N-dealkylation sites (N-methyl/N-ethyl adjacent to an activating group) is 1. The van der Waals surface area contributed by atoms with Gasteiger partial charge in [0.2, 0.25) is 0 Å². The van der Waals surface area contributed by atoms with E-state index in [-0.39, 0.29) is 0 Å². The summed E-state index contributed by atoms with van der Waals surface area (Å²) in [6, 6.07) is 6.23. The Kier molecular flexibility index (Phi) is 5.20. The predicted molar refractivity (Wildman–Crippen MR) is 77.0 cm³/mol. The average Bonchev–Trinajstić information content (AvgIpc) is 2.90. The second kappa shape index (κ2) is 6.90. The highest BCUT2D eigenvalue weighted by Gasteiger charge is 2.18. The predicted octanol–water partition coefficient (Wildman–Crippen LogP) is 2.34. The SMILES string of the molecule is CNCCc1ccc(OC2CCSC2)c(OC)c1. The molecule has 100 valence electrons. The third-order valence-electron chi connectivity index (χ3n) is 3.07.